The Bertz CT molecular complexity index is 1190. The summed E-state index contributed by atoms with van der Waals surface area (Å²) in [4.78, 5) is 27.7. The average molecular weight is 462 g/mol. The second kappa shape index (κ2) is 9.87. The molecule has 0 bridgehead atoms. The van der Waals surface area contributed by atoms with Gasteiger partial charge >= 0.3 is 0 Å². The predicted octanol–water partition coefficient (Wildman–Crippen LogP) is 5.09. The van der Waals surface area contributed by atoms with Crippen molar-refractivity contribution in [3.05, 3.63) is 89.4 Å². The highest BCUT2D eigenvalue weighted by Gasteiger charge is 2.46. The molecule has 1 aromatic heterocycles. The van der Waals surface area contributed by atoms with Gasteiger partial charge in [0.05, 0.1) is 37.1 Å². The van der Waals surface area contributed by atoms with Gasteiger partial charge in [-0.1, -0.05) is 12.1 Å². The molecule has 7 heteroatoms. The highest BCUT2D eigenvalue weighted by atomic mass is 16.5. The first kappa shape index (κ1) is 23.2. The van der Waals surface area contributed by atoms with Gasteiger partial charge in [0.25, 0.3) is 11.7 Å². The van der Waals surface area contributed by atoms with Crippen LogP contribution < -0.4 is 9.47 Å². The largest absolute Gasteiger partial charge is 0.507 e. The molecular weight excluding hydrogens is 434 g/mol. The number of hydrogen-bond donors (Lipinski definition) is 1. The SMILES string of the molecule is CCOc1cccc(C2/C(=C(/O)c3ccc(OC(C)C)cc3)C(=O)C(=O)N2Cc2ccco2)c1. The van der Waals surface area contributed by atoms with E-state index in [0.717, 1.165) is 0 Å². The number of furan rings is 1. The van der Waals surface area contributed by atoms with Gasteiger partial charge in [-0.25, -0.2) is 0 Å². The lowest BCUT2D eigenvalue weighted by Crippen LogP contribution is -2.29. The van der Waals surface area contributed by atoms with E-state index in [1.807, 2.05) is 20.8 Å². The van der Waals surface area contributed by atoms with Crippen molar-refractivity contribution < 1.29 is 28.6 Å². The molecule has 0 radical (unpaired) electrons. The molecule has 1 fully saturated rings. The lowest BCUT2D eigenvalue weighted by molar-refractivity contribution is -0.140. The van der Waals surface area contributed by atoms with Gasteiger partial charge in [-0.05, 0) is 74.9 Å². The Kier molecular flexibility index (Phi) is 6.72. The van der Waals surface area contributed by atoms with Crippen molar-refractivity contribution in [3.8, 4) is 11.5 Å². The fourth-order valence-corrected chi connectivity index (χ4v) is 4.02. The van der Waals surface area contributed by atoms with Gasteiger partial charge < -0.3 is 23.9 Å². The van der Waals surface area contributed by atoms with Crippen LogP contribution in [0.5, 0.6) is 11.5 Å². The number of aliphatic hydroxyl groups excluding tert-OH is 1. The molecule has 1 amide bonds. The van der Waals surface area contributed by atoms with Crippen LogP contribution in [-0.4, -0.2) is 34.4 Å². The van der Waals surface area contributed by atoms with Gasteiger partial charge in [0.15, 0.2) is 0 Å². The third kappa shape index (κ3) is 4.69. The number of Topliss-reactive ketones (excluding diaryl/α,β-unsaturated/α-hetero) is 1. The Balaban J connectivity index is 1.80. The smallest absolute Gasteiger partial charge is 0.296 e. The van der Waals surface area contributed by atoms with E-state index in [1.54, 1.807) is 60.7 Å². The number of amides is 1. The maximum atomic E-state index is 13.2. The van der Waals surface area contributed by atoms with E-state index >= 15 is 0 Å². The molecular formula is C27H27NO6. The van der Waals surface area contributed by atoms with E-state index in [1.165, 1.54) is 11.2 Å². The molecule has 2 heterocycles. The van der Waals surface area contributed by atoms with Gasteiger partial charge in [0, 0.05) is 5.56 Å². The lowest BCUT2D eigenvalue weighted by atomic mass is 9.95. The summed E-state index contributed by atoms with van der Waals surface area (Å²) in [5.41, 5.74) is 1.08. The number of aliphatic hydroxyl groups is 1. The van der Waals surface area contributed by atoms with Crippen LogP contribution in [0, 0.1) is 0 Å². The molecule has 1 N–H and O–H groups in total. The van der Waals surface area contributed by atoms with Gasteiger partial charge in [0.1, 0.15) is 23.0 Å². The van der Waals surface area contributed by atoms with Crippen molar-refractivity contribution in [3.63, 3.8) is 0 Å². The summed E-state index contributed by atoms with van der Waals surface area (Å²) in [5, 5.41) is 11.2. The second-order valence-corrected chi connectivity index (χ2v) is 8.20. The Labute approximate surface area is 198 Å². The molecule has 1 saturated heterocycles. The van der Waals surface area contributed by atoms with Crippen LogP contribution in [0.4, 0.5) is 0 Å². The number of ether oxygens (including phenoxy) is 2. The summed E-state index contributed by atoms with van der Waals surface area (Å²) >= 11 is 0. The van der Waals surface area contributed by atoms with Gasteiger partial charge in [-0.2, -0.15) is 0 Å². The van der Waals surface area contributed by atoms with E-state index in [0.29, 0.717) is 35.0 Å². The molecule has 4 rings (SSSR count). The minimum absolute atomic E-state index is 0.00369. The summed E-state index contributed by atoms with van der Waals surface area (Å²) in [7, 11) is 0. The molecule has 0 spiro atoms. The first-order valence-corrected chi connectivity index (χ1v) is 11.2. The average Bonchev–Trinajstić information content (AvgIpc) is 3.42. The molecule has 7 nitrogen and oxygen atoms in total. The van der Waals surface area contributed by atoms with Gasteiger partial charge in [-0.15, -0.1) is 0 Å². The zero-order chi connectivity index (χ0) is 24.2. The van der Waals surface area contributed by atoms with E-state index in [-0.39, 0.29) is 24.0 Å². The standard InChI is InChI=1S/C27H27NO6/c1-4-32-21-8-5-7-19(15-21)24-23(25(29)18-10-12-20(13-11-18)34-17(2)3)26(30)27(31)28(24)16-22-9-6-14-33-22/h5-15,17,24,29H,4,16H2,1-3H3/b25-23-. The third-order valence-electron chi connectivity index (χ3n) is 5.43. The van der Waals surface area contributed by atoms with Crippen molar-refractivity contribution in [2.75, 3.05) is 6.61 Å². The van der Waals surface area contributed by atoms with Gasteiger partial charge in [-0.3, -0.25) is 9.59 Å². The number of carbonyl (C=O) groups is 2. The molecule has 34 heavy (non-hydrogen) atoms. The molecule has 176 valence electrons. The lowest BCUT2D eigenvalue weighted by Gasteiger charge is -2.25. The number of hydrogen-bond acceptors (Lipinski definition) is 6. The molecule has 0 aliphatic carbocycles. The summed E-state index contributed by atoms with van der Waals surface area (Å²) in [6, 6.07) is 16.6. The molecule has 0 saturated carbocycles. The van der Waals surface area contributed by atoms with Crippen LogP contribution in [0.25, 0.3) is 5.76 Å². The topological polar surface area (TPSA) is 89.2 Å². The molecule has 1 aliphatic rings. The minimum atomic E-state index is -0.808. The molecule has 1 atom stereocenters. The maximum Gasteiger partial charge on any atom is 0.296 e. The normalized spacial score (nSPS) is 17.4. The van der Waals surface area contributed by atoms with Gasteiger partial charge in [0.2, 0.25) is 0 Å². The van der Waals surface area contributed by atoms with Crippen molar-refractivity contribution >= 4 is 17.4 Å². The highest BCUT2D eigenvalue weighted by Crippen LogP contribution is 2.41. The summed E-state index contributed by atoms with van der Waals surface area (Å²) < 4.78 is 16.7. The molecule has 3 aromatic rings. The summed E-state index contributed by atoms with van der Waals surface area (Å²) in [6.07, 6.45) is 1.52. The van der Waals surface area contributed by atoms with Crippen LogP contribution in [0.2, 0.25) is 0 Å². The number of benzene rings is 2. The van der Waals surface area contributed by atoms with Crippen LogP contribution in [0.1, 0.15) is 43.7 Å². The summed E-state index contributed by atoms with van der Waals surface area (Å²) in [5.74, 6) is 0.0821. The van der Waals surface area contributed by atoms with Crippen LogP contribution in [-0.2, 0) is 16.1 Å². The fraction of sp³-hybridized carbons (Fsp3) is 0.259. The Morgan fingerprint density at radius 2 is 1.82 bits per heavy atom. The fourth-order valence-electron chi connectivity index (χ4n) is 4.02. The van der Waals surface area contributed by atoms with E-state index < -0.39 is 17.7 Å². The van der Waals surface area contributed by atoms with Crippen LogP contribution >= 0.6 is 0 Å². The number of rotatable bonds is 8. The Morgan fingerprint density at radius 3 is 2.47 bits per heavy atom. The first-order valence-electron chi connectivity index (χ1n) is 11.2. The predicted molar refractivity (Wildman–Crippen MR) is 126 cm³/mol. The highest BCUT2D eigenvalue weighted by molar-refractivity contribution is 6.46. The Morgan fingerprint density at radius 1 is 1.06 bits per heavy atom. The van der Waals surface area contributed by atoms with Crippen LogP contribution in [0.15, 0.2) is 76.9 Å². The van der Waals surface area contributed by atoms with E-state index in [4.69, 9.17) is 13.9 Å². The van der Waals surface area contributed by atoms with Crippen molar-refractivity contribution in [2.24, 2.45) is 0 Å². The quantitative estimate of drug-likeness (QED) is 0.286. The number of likely N-dealkylation sites (tertiary alicyclic amines) is 1. The van der Waals surface area contributed by atoms with Crippen molar-refractivity contribution in [1.29, 1.82) is 0 Å². The van der Waals surface area contributed by atoms with E-state index in [2.05, 4.69) is 0 Å². The van der Waals surface area contributed by atoms with Crippen molar-refractivity contribution in [2.45, 2.75) is 39.5 Å². The van der Waals surface area contributed by atoms with E-state index in [9.17, 15) is 14.7 Å². The maximum absolute atomic E-state index is 13.2. The summed E-state index contributed by atoms with van der Waals surface area (Å²) in [6.45, 7) is 6.28. The first-order chi connectivity index (χ1) is 16.4. The zero-order valence-electron chi connectivity index (χ0n) is 19.4. The monoisotopic (exact) mass is 461 g/mol. The zero-order valence-corrected chi connectivity index (χ0v) is 19.4. The molecule has 2 aromatic carbocycles. The third-order valence-corrected chi connectivity index (χ3v) is 5.43. The number of nitrogens with zero attached hydrogens (tertiary/aromatic N) is 1. The van der Waals surface area contributed by atoms with Crippen LogP contribution in [0.3, 0.4) is 0 Å². The molecule has 1 unspecified atom stereocenters. The second-order valence-electron chi connectivity index (χ2n) is 8.20. The number of ketones is 1. The number of carbonyl (C=O) groups excluding carboxylic acids is 2. The molecule has 1 aliphatic heterocycles. The minimum Gasteiger partial charge on any atom is -0.507 e. The van der Waals surface area contributed by atoms with Crippen molar-refractivity contribution in [1.82, 2.24) is 4.90 Å². The Hall–Kier alpha value is -4.00.